The number of hydrogen-bond donors (Lipinski definition) is 3. The highest BCUT2D eigenvalue weighted by Gasteiger charge is 2.70. The van der Waals surface area contributed by atoms with Crippen molar-refractivity contribution in [1.82, 2.24) is 10.2 Å². The van der Waals surface area contributed by atoms with E-state index in [1.807, 2.05) is 6.92 Å². The lowest BCUT2D eigenvalue weighted by molar-refractivity contribution is -0.145. The van der Waals surface area contributed by atoms with E-state index in [4.69, 9.17) is 5.73 Å². The molecule has 8 nitrogen and oxygen atoms in total. The number of imide groups is 1. The molecule has 5 atom stereocenters. The summed E-state index contributed by atoms with van der Waals surface area (Å²) in [4.78, 5) is 52.6. The van der Waals surface area contributed by atoms with Gasteiger partial charge in [-0.2, -0.15) is 0 Å². The lowest BCUT2D eigenvalue weighted by atomic mass is 9.76. The third-order valence-corrected chi connectivity index (χ3v) is 6.66. The Morgan fingerprint density at radius 3 is 2.68 bits per heavy atom. The number of nitrogens with zero attached hydrogens (tertiary/aromatic N) is 1. The van der Waals surface area contributed by atoms with Gasteiger partial charge in [0.15, 0.2) is 0 Å². The molecular weight excluding hydrogens is 428 g/mol. The van der Waals surface area contributed by atoms with Gasteiger partial charge in [-0.15, -0.1) is 0 Å². The van der Waals surface area contributed by atoms with Crippen LogP contribution in [0, 0.1) is 11.8 Å². The molecule has 0 unspecified atom stereocenters. The summed E-state index contributed by atoms with van der Waals surface area (Å²) in [6.45, 7) is 3.70. The number of fused-ring (bicyclic) bond motifs is 4. The van der Waals surface area contributed by atoms with Gasteiger partial charge in [0.05, 0.1) is 11.8 Å². The number of nitrogens with two attached hydrogens (primary N) is 1. The zero-order valence-electron chi connectivity index (χ0n) is 15.5. The van der Waals surface area contributed by atoms with E-state index in [-0.39, 0.29) is 24.3 Å². The summed E-state index contributed by atoms with van der Waals surface area (Å²) >= 11 is 3.41. The molecule has 3 aliphatic heterocycles. The fourth-order valence-electron chi connectivity index (χ4n) is 4.80. The first-order valence-corrected chi connectivity index (χ1v) is 10.1. The Kier molecular flexibility index (Phi) is 4.35. The maximum atomic E-state index is 13.4. The Labute approximate surface area is 170 Å². The molecular formula is C19H21BrN4O4. The van der Waals surface area contributed by atoms with Crippen LogP contribution in [0.25, 0.3) is 0 Å². The molecule has 4 rings (SSSR count). The van der Waals surface area contributed by atoms with Crippen LogP contribution in [0.3, 0.4) is 0 Å². The monoisotopic (exact) mass is 448 g/mol. The van der Waals surface area contributed by atoms with Gasteiger partial charge in [0.25, 0.3) is 0 Å². The van der Waals surface area contributed by atoms with E-state index in [0.717, 1.165) is 4.47 Å². The molecule has 0 bridgehead atoms. The standard InChI is InChI=1S/C19H21BrN4O4/c1-3-8(2)24-16(26)14-12(7-13(21)25)23-19(15(14)17(24)27)10-6-9(20)4-5-11(10)22-18(19)28/h4-6,8,12,14-15,23H,3,7H2,1-2H3,(H2,21,25)(H,22,28)/t8-,12-,14+,15+,19-/m0/s1. The topological polar surface area (TPSA) is 122 Å². The minimum atomic E-state index is -1.40. The molecule has 3 heterocycles. The zero-order chi connectivity index (χ0) is 20.4. The third kappa shape index (κ3) is 2.39. The lowest BCUT2D eigenvalue weighted by Gasteiger charge is -2.31. The fraction of sp³-hybridized carbons (Fsp3) is 0.474. The molecule has 2 fully saturated rings. The van der Waals surface area contributed by atoms with E-state index in [1.165, 1.54) is 4.90 Å². The lowest BCUT2D eigenvalue weighted by Crippen LogP contribution is -2.54. The van der Waals surface area contributed by atoms with Crippen molar-refractivity contribution in [2.75, 3.05) is 5.32 Å². The van der Waals surface area contributed by atoms with Crippen LogP contribution >= 0.6 is 15.9 Å². The average Bonchev–Trinajstić information content (AvgIpc) is 3.20. The Morgan fingerprint density at radius 1 is 1.32 bits per heavy atom. The van der Waals surface area contributed by atoms with Gasteiger partial charge >= 0.3 is 0 Å². The van der Waals surface area contributed by atoms with E-state index in [9.17, 15) is 19.2 Å². The van der Waals surface area contributed by atoms with Crippen LogP contribution in [0.5, 0.6) is 0 Å². The van der Waals surface area contributed by atoms with Crippen LogP contribution in [0.15, 0.2) is 22.7 Å². The molecule has 28 heavy (non-hydrogen) atoms. The summed E-state index contributed by atoms with van der Waals surface area (Å²) in [5.74, 6) is -3.46. The highest BCUT2D eigenvalue weighted by Crippen LogP contribution is 2.54. The van der Waals surface area contributed by atoms with Crippen molar-refractivity contribution in [2.24, 2.45) is 17.6 Å². The Morgan fingerprint density at radius 2 is 2.04 bits per heavy atom. The predicted octanol–water partition coefficient (Wildman–Crippen LogP) is 0.843. The molecule has 148 valence electrons. The summed E-state index contributed by atoms with van der Waals surface area (Å²) in [5.41, 5.74) is 5.18. The number of primary amides is 1. The van der Waals surface area contributed by atoms with Crippen molar-refractivity contribution in [3.63, 3.8) is 0 Å². The highest BCUT2D eigenvalue weighted by atomic mass is 79.9. The molecule has 0 aliphatic carbocycles. The van der Waals surface area contributed by atoms with Crippen molar-refractivity contribution in [3.8, 4) is 0 Å². The number of likely N-dealkylation sites (tertiary alicyclic amines) is 1. The first kappa shape index (κ1) is 19.1. The summed E-state index contributed by atoms with van der Waals surface area (Å²) in [6, 6.07) is 4.33. The average molecular weight is 449 g/mol. The van der Waals surface area contributed by atoms with E-state index in [2.05, 4.69) is 26.6 Å². The number of carbonyl (C=O) groups is 4. The van der Waals surface area contributed by atoms with Crippen LogP contribution in [0.2, 0.25) is 0 Å². The van der Waals surface area contributed by atoms with Crippen molar-refractivity contribution in [1.29, 1.82) is 0 Å². The molecule has 4 amide bonds. The summed E-state index contributed by atoms with van der Waals surface area (Å²) in [7, 11) is 0. The number of hydrogen-bond acceptors (Lipinski definition) is 5. The smallest absolute Gasteiger partial charge is 0.250 e. The minimum absolute atomic E-state index is 0.132. The largest absolute Gasteiger partial charge is 0.370 e. The molecule has 2 saturated heterocycles. The zero-order valence-corrected chi connectivity index (χ0v) is 17.1. The second kappa shape index (κ2) is 6.38. The molecule has 4 N–H and O–H groups in total. The van der Waals surface area contributed by atoms with Crippen LogP contribution in [0.1, 0.15) is 32.3 Å². The Bertz CT molecular complexity index is 919. The number of halogens is 1. The van der Waals surface area contributed by atoms with Crippen LogP contribution in [-0.2, 0) is 24.7 Å². The van der Waals surface area contributed by atoms with E-state index >= 15 is 0 Å². The van der Waals surface area contributed by atoms with Gasteiger partial charge in [-0.3, -0.25) is 29.4 Å². The SMILES string of the molecule is CC[C@H](C)N1C(=O)[C@@H]2[C@H](CC(N)=O)N[C@]3(C(=O)Nc4ccc(Br)cc43)[C@H]2C1=O. The number of benzene rings is 1. The molecule has 1 aromatic carbocycles. The van der Waals surface area contributed by atoms with Gasteiger partial charge < -0.3 is 11.1 Å². The van der Waals surface area contributed by atoms with Crippen molar-refractivity contribution < 1.29 is 19.2 Å². The minimum Gasteiger partial charge on any atom is -0.370 e. The molecule has 1 aromatic rings. The molecule has 0 radical (unpaired) electrons. The molecule has 3 aliphatic rings. The van der Waals surface area contributed by atoms with Gasteiger partial charge in [-0.05, 0) is 31.5 Å². The number of anilines is 1. The van der Waals surface area contributed by atoms with Gasteiger partial charge in [0.2, 0.25) is 23.6 Å². The molecule has 9 heteroatoms. The second-order valence-electron chi connectivity index (χ2n) is 7.68. The normalized spacial score (nSPS) is 31.9. The van der Waals surface area contributed by atoms with Gasteiger partial charge in [-0.1, -0.05) is 22.9 Å². The third-order valence-electron chi connectivity index (χ3n) is 6.16. The van der Waals surface area contributed by atoms with Crippen LogP contribution in [-0.4, -0.2) is 40.6 Å². The Balaban J connectivity index is 1.90. The molecule has 0 aromatic heterocycles. The highest BCUT2D eigenvalue weighted by molar-refractivity contribution is 9.10. The van der Waals surface area contributed by atoms with Crippen molar-refractivity contribution in [2.45, 2.75) is 44.3 Å². The van der Waals surface area contributed by atoms with E-state index < -0.39 is 35.2 Å². The maximum Gasteiger partial charge on any atom is 0.250 e. The summed E-state index contributed by atoms with van der Waals surface area (Å²) < 4.78 is 0.745. The van der Waals surface area contributed by atoms with Crippen LogP contribution in [0.4, 0.5) is 5.69 Å². The van der Waals surface area contributed by atoms with Gasteiger partial charge in [-0.25, -0.2) is 0 Å². The quantitative estimate of drug-likeness (QED) is 0.589. The fourth-order valence-corrected chi connectivity index (χ4v) is 5.17. The first-order valence-electron chi connectivity index (χ1n) is 9.26. The van der Waals surface area contributed by atoms with Crippen LogP contribution < -0.4 is 16.4 Å². The second-order valence-corrected chi connectivity index (χ2v) is 8.60. The Hall–Kier alpha value is -2.26. The number of nitrogens with one attached hydrogen (secondary N) is 2. The number of amides is 4. The predicted molar refractivity (Wildman–Crippen MR) is 104 cm³/mol. The first-order chi connectivity index (χ1) is 13.2. The van der Waals surface area contributed by atoms with E-state index in [1.54, 1.807) is 25.1 Å². The van der Waals surface area contributed by atoms with Crippen molar-refractivity contribution >= 4 is 45.2 Å². The van der Waals surface area contributed by atoms with Gasteiger partial charge in [0.1, 0.15) is 5.54 Å². The summed E-state index contributed by atoms with van der Waals surface area (Å²) in [6.07, 6.45) is 0.471. The summed E-state index contributed by atoms with van der Waals surface area (Å²) in [5, 5.41) is 5.99. The number of rotatable bonds is 4. The molecule has 1 spiro atoms. The number of carbonyl (C=O) groups excluding carboxylic acids is 4. The van der Waals surface area contributed by atoms with E-state index in [0.29, 0.717) is 17.7 Å². The maximum absolute atomic E-state index is 13.4. The van der Waals surface area contributed by atoms with Crippen molar-refractivity contribution in [3.05, 3.63) is 28.2 Å². The molecule has 0 saturated carbocycles. The van der Waals surface area contributed by atoms with Gasteiger partial charge in [0, 0.05) is 34.2 Å².